The molecule has 1 unspecified atom stereocenters. The number of hydrogen-bond donors (Lipinski definition) is 1. The van der Waals surface area contributed by atoms with E-state index in [0.717, 1.165) is 47.4 Å². The van der Waals surface area contributed by atoms with Crippen LogP contribution in [0.15, 0.2) is 60.7 Å². The molecule has 0 bridgehead atoms. The van der Waals surface area contributed by atoms with Crippen LogP contribution in [-0.4, -0.2) is 23.6 Å². The van der Waals surface area contributed by atoms with Crippen molar-refractivity contribution in [2.45, 2.75) is 32.7 Å². The van der Waals surface area contributed by atoms with Gasteiger partial charge in [-0.3, -0.25) is 0 Å². The molecule has 6 heteroatoms. The van der Waals surface area contributed by atoms with E-state index in [9.17, 15) is 4.39 Å². The average molecular weight is 443 g/mol. The van der Waals surface area contributed by atoms with Crippen molar-refractivity contribution in [1.82, 2.24) is 9.97 Å². The summed E-state index contributed by atoms with van der Waals surface area (Å²) in [7, 11) is 1.65. The minimum atomic E-state index is -0.266. The van der Waals surface area contributed by atoms with E-state index >= 15 is 0 Å². The van der Waals surface area contributed by atoms with Gasteiger partial charge in [0.25, 0.3) is 0 Å². The maximum absolute atomic E-state index is 13.6. The largest absolute Gasteiger partial charge is 0.494 e. The molecule has 33 heavy (non-hydrogen) atoms. The average Bonchev–Trinajstić information content (AvgIpc) is 2.84. The van der Waals surface area contributed by atoms with Crippen molar-refractivity contribution in [2.24, 2.45) is 0 Å². The number of ether oxygens (including phenoxy) is 1. The van der Waals surface area contributed by atoms with E-state index in [0.29, 0.717) is 11.7 Å². The number of halogens is 1. The minimum absolute atomic E-state index is 0.222. The van der Waals surface area contributed by atoms with Crippen LogP contribution in [0.5, 0.6) is 5.75 Å². The normalized spacial score (nSPS) is 15.4. The van der Waals surface area contributed by atoms with E-state index in [1.165, 1.54) is 23.3 Å². The first-order valence-corrected chi connectivity index (χ1v) is 11.3. The monoisotopic (exact) mass is 442 g/mol. The lowest BCUT2D eigenvalue weighted by Crippen LogP contribution is -2.36. The highest BCUT2D eigenvalue weighted by atomic mass is 19.1. The summed E-state index contributed by atoms with van der Waals surface area (Å²) in [4.78, 5) is 12.2. The molecule has 2 heterocycles. The second kappa shape index (κ2) is 8.70. The van der Waals surface area contributed by atoms with E-state index in [2.05, 4.69) is 41.4 Å². The topological polar surface area (TPSA) is 50.3 Å². The Morgan fingerprint density at radius 3 is 2.73 bits per heavy atom. The molecule has 0 amide bonds. The number of rotatable bonds is 5. The fraction of sp³-hybridized carbons (Fsp3) is 0.259. The van der Waals surface area contributed by atoms with Crippen LogP contribution in [0, 0.1) is 12.7 Å². The molecular weight excluding hydrogens is 415 g/mol. The first kappa shape index (κ1) is 21.2. The van der Waals surface area contributed by atoms with Crippen LogP contribution in [0.1, 0.15) is 36.1 Å². The number of aromatic nitrogens is 2. The van der Waals surface area contributed by atoms with Crippen molar-refractivity contribution in [3.63, 3.8) is 0 Å². The Morgan fingerprint density at radius 2 is 1.94 bits per heavy atom. The van der Waals surface area contributed by atoms with Gasteiger partial charge < -0.3 is 15.0 Å². The van der Waals surface area contributed by atoms with Crippen molar-refractivity contribution < 1.29 is 9.13 Å². The Morgan fingerprint density at radius 1 is 1.09 bits per heavy atom. The van der Waals surface area contributed by atoms with Gasteiger partial charge in [-0.2, -0.15) is 4.98 Å². The maximum Gasteiger partial charge on any atom is 0.229 e. The number of anilines is 3. The van der Waals surface area contributed by atoms with Crippen LogP contribution in [-0.2, 0) is 6.42 Å². The van der Waals surface area contributed by atoms with E-state index in [4.69, 9.17) is 14.7 Å². The quantitative estimate of drug-likeness (QED) is 0.391. The summed E-state index contributed by atoms with van der Waals surface area (Å²) in [6.07, 6.45) is 1.92. The van der Waals surface area contributed by atoms with Crippen LogP contribution < -0.4 is 15.0 Å². The molecule has 0 fully saturated rings. The number of hydrogen-bond acceptors (Lipinski definition) is 5. The summed E-state index contributed by atoms with van der Waals surface area (Å²) in [5, 5.41) is 4.26. The third-order valence-electron chi connectivity index (χ3n) is 6.40. The molecule has 1 aromatic heterocycles. The molecule has 1 atom stereocenters. The van der Waals surface area contributed by atoms with Crippen LogP contribution >= 0.6 is 0 Å². The second-order valence-electron chi connectivity index (χ2n) is 8.38. The number of aryl methyl sites for hydroxylation is 1. The molecule has 5 nitrogen and oxygen atoms in total. The summed E-state index contributed by atoms with van der Waals surface area (Å²) in [6.45, 7) is 4.95. The lowest BCUT2D eigenvalue weighted by Gasteiger charge is -2.38. The summed E-state index contributed by atoms with van der Waals surface area (Å²) in [5.74, 6) is 1.77. The van der Waals surface area contributed by atoms with Crippen molar-refractivity contribution in [1.29, 1.82) is 0 Å². The SMILES string of the molecule is CCC1c2ccccc2CCN1c1nc(Nc2ccc(F)cc2C)nc2c(OC)cccc12. The molecule has 1 aliphatic heterocycles. The molecule has 0 saturated carbocycles. The first-order chi connectivity index (χ1) is 16.1. The molecule has 168 valence electrons. The van der Waals surface area contributed by atoms with Gasteiger partial charge in [0.15, 0.2) is 0 Å². The van der Waals surface area contributed by atoms with Crippen LogP contribution in [0.2, 0.25) is 0 Å². The fourth-order valence-electron chi connectivity index (χ4n) is 4.78. The van der Waals surface area contributed by atoms with Gasteiger partial charge in [0.2, 0.25) is 5.95 Å². The molecule has 0 spiro atoms. The maximum atomic E-state index is 13.6. The summed E-state index contributed by atoms with van der Waals surface area (Å²) in [6, 6.07) is 19.5. The van der Waals surface area contributed by atoms with Gasteiger partial charge in [-0.05, 0) is 66.8 Å². The van der Waals surface area contributed by atoms with E-state index in [1.807, 2.05) is 25.1 Å². The van der Waals surface area contributed by atoms with Gasteiger partial charge in [-0.15, -0.1) is 0 Å². The number of nitrogens with zero attached hydrogens (tertiary/aromatic N) is 3. The van der Waals surface area contributed by atoms with E-state index < -0.39 is 0 Å². The Balaban J connectivity index is 1.66. The van der Waals surface area contributed by atoms with E-state index in [1.54, 1.807) is 13.2 Å². The molecule has 1 N–H and O–H groups in total. The molecule has 1 aliphatic rings. The van der Waals surface area contributed by atoms with Gasteiger partial charge in [0.05, 0.1) is 13.2 Å². The highest BCUT2D eigenvalue weighted by Crippen LogP contribution is 2.40. The van der Waals surface area contributed by atoms with E-state index in [-0.39, 0.29) is 11.9 Å². The Hall–Kier alpha value is -3.67. The Kier molecular flexibility index (Phi) is 5.58. The molecule has 4 aromatic rings. The van der Waals surface area contributed by atoms with Crippen molar-refractivity contribution >= 4 is 28.4 Å². The lowest BCUT2D eigenvalue weighted by atomic mass is 9.91. The number of para-hydroxylation sites is 1. The Labute approximate surface area is 193 Å². The molecular formula is C27H27FN4O. The Bertz CT molecular complexity index is 1320. The number of nitrogens with one attached hydrogen (secondary N) is 1. The van der Waals surface area contributed by atoms with Crippen LogP contribution in [0.25, 0.3) is 10.9 Å². The third-order valence-corrected chi connectivity index (χ3v) is 6.40. The zero-order valence-electron chi connectivity index (χ0n) is 19.1. The number of benzene rings is 3. The van der Waals surface area contributed by atoms with Crippen molar-refractivity contribution in [3.05, 3.63) is 83.2 Å². The highest BCUT2D eigenvalue weighted by molar-refractivity contribution is 5.95. The molecule has 3 aromatic carbocycles. The lowest BCUT2D eigenvalue weighted by molar-refractivity contribution is 0.419. The predicted molar refractivity (Wildman–Crippen MR) is 131 cm³/mol. The van der Waals surface area contributed by atoms with Crippen LogP contribution in [0.4, 0.5) is 21.8 Å². The zero-order chi connectivity index (χ0) is 22.9. The molecule has 5 rings (SSSR count). The first-order valence-electron chi connectivity index (χ1n) is 11.3. The molecule has 0 saturated heterocycles. The number of methoxy groups -OCH3 is 1. The summed E-state index contributed by atoms with van der Waals surface area (Å²) >= 11 is 0. The third kappa shape index (κ3) is 3.86. The second-order valence-corrected chi connectivity index (χ2v) is 8.38. The van der Waals surface area contributed by atoms with Gasteiger partial charge in [-0.25, -0.2) is 9.37 Å². The standard InChI is InChI=1S/C27H27FN4O/c1-4-23-20-9-6-5-8-18(20)14-15-32(23)26-21-10-7-11-24(33-3)25(21)30-27(31-26)29-22-13-12-19(28)16-17(22)2/h5-13,16,23H,4,14-15H2,1-3H3,(H,29,30,31). The van der Waals surface area contributed by atoms with Gasteiger partial charge in [0, 0.05) is 17.6 Å². The van der Waals surface area contributed by atoms with Crippen molar-refractivity contribution in [3.8, 4) is 5.75 Å². The summed E-state index contributed by atoms with van der Waals surface area (Å²) < 4.78 is 19.3. The summed E-state index contributed by atoms with van der Waals surface area (Å²) in [5.41, 5.74) is 5.06. The number of fused-ring (bicyclic) bond motifs is 2. The zero-order valence-corrected chi connectivity index (χ0v) is 19.1. The van der Waals surface area contributed by atoms with Crippen LogP contribution in [0.3, 0.4) is 0 Å². The van der Waals surface area contributed by atoms with Gasteiger partial charge >= 0.3 is 0 Å². The smallest absolute Gasteiger partial charge is 0.229 e. The fourth-order valence-corrected chi connectivity index (χ4v) is 4.78. The highest BCUT2D eigenvalue weighted by Gasteiger charge is 2.29. The molecule has 0 aliphatic carbocycles. The predicted octanol–water partition coefficient (Wildman–Crippen LogP) is 6.34. The van der Waals surface area contributed by atoms with Gasteiger partial charge in [-0.1, -0.05) is 37.3 Å². The van der Waals surface area contributed by atoms with Gasteiger partial charge in [0.1, 0.15) is 22.9 Å². The van der Waals surface area contributed by atoms with Crippen molar-refractivity contribution in [2.75, 3.05) is 23.9 Å². The minimum Gasteiger partial charge on any atom is -0.494 e. The molecule has 0 radical (unpaired) electrons.